The van der Waals surface area contributed by atoms with Gasteiger partial charge in [0, 0.05) is 23.9 Å². The normalized spacial score (nSPS) is 12.7. The number of rotatable bonds is 8. The van der Waals surface area contributed by atoms with Crippen molar-refractivity contribution in [3.05, 3.63) is 76.2 Å². The van der Waals surface area contributed by atoms with E-state index in [2.05, 4.69) is 15.2 Å². The second-order valence-corrected chi connectivity index (χ2v) is 9.62. The number of esters is 1. The number of aromatic nitrogens is 4. The molecule has 0 amide bonds. The van der Waals surface area contributed by atoms with Gasteiger partial charge in [-0.25, -0.2) is 18.0 Å². The summed E-state index contributed by atoms with van der Waals surface area (Å²) in [5.41, 5.74) is 3.94. The van der Waals surface area contributed by atoms with Crippen molar-refractivity contribution in [3.8, 4) is 11.1 Å². The predicted molar refractivity (Wildman–Crippen MR) is 118 cm³/mol. The summed E-state index contributed by atoms with van der Waals surface area (Å²) in [6.45, 7) is -1.43. The molecule has 198 valence electrons. The van der Waals surface area contributed by atoms with Crippen molar-refractivity contribution in [1.82, 2.24) is 19.8 Å². The van der Waals surface area contributed by atoms with Crippen LogP contribution in [0.2, 0.25) is 0 Å². The molecule has 0 saturated heterocycles. The Labute approximate surface area is 205 Å². The number of hydrogen-bond acceptors (Lipinski definition) is 8. The molecule has 1 heterocycles. The largest absolute Gasteiger partial charge is 0.491 e. The van der Waals surface area contributed by atoms with E-state index in [0.29, 0.717) is 20.5 Å². The molecule has 0 fully saturated rings. The lowest BCUT2D eigenvalue weighted by Crippen LogP contribution is -2.35. The third kappa shape index (κ3) is 6.45. The Balaban J connectivity index is 2.07. The zero-order valence-electron chi connectivity index (χ0n) is 18.8. The van der Waals surface area contributed by atoms with E-state index >= 15 is 0 Å². The maximum atomic E-state index is 13.0. The highest BCUT2D eigenvalue weighted by atomic mass is 32.2. The van der Waals surface area contributed by atoms with Crippen LogP contribution in [0.4, 0.5) is 22.0 Å². The maximum absolute atomic E-state index is 13.0. The summed E-state index contributed by atoms with van der Waals surface area (Å²) in [6.07, 6.45) is -8.66. The van der Waals surface area contributed by atoms with E-state index in [4.69, 9.17) is 5.73 Å². The molecule has 0 aliphatic rings. The third-order valence-corrected chi connectivity index (χ3v) is 6.10. The number of tetrazole rings is 1. The van der Waals surface area contributed by atoms with E-state index in [1.54, 1.807) is 0 Å². The molecule has 0 aliphatic heterocycles. The van der Waals surface area contributed by atoms with E-state index in [1.807, 2.05) is 0 Å². The van der Waals surface area contributed by atoms with Gasteiger partial charge in [0.1, 0.15) is 0 Å². The number of benzene rings is 2. The van der Waals surface area contributed by atoms with Gasteiger partial charge in [0.05, 0.1) is 11.4 Å². The minimum absolute atomic E-state index is 0.0307. The first-order valence-corrected chi connectivity index (χ1v) is 12.0. The second-order valence-electron chi connectivity index (χ2n) is 7.61. The molecule has 3 rings (SSSR count). The Morgan fingerprint density at radius 3 is 2.27 bits per heavy atom. The molecule has 3 aromatic rings. The zero-order valence-corrected chi connectivity index (χ0v) is 19.6. The molecule has 2 aromatic carbocycles. The number of nitrogens with zero attached hydrogens (tertiary/aromatic N) is 4. The smallest absolute Gasteiger partial charge is 0.428 e. The van der Waals surface area contributed by atoms with Crippen LogP contribution in [0.25, 0.3) is 11.1 Å². The highest BCUT2D eigenvalue weighted by Crippen LogP contribution is 2.28. The third-order valence-electron chi connectivity index (χ3n) is 4.98. The number of hydrogen-bond donors (Lipinski definition) is 1. The van der Waals surface area contributed by atoms with Gasteiger partial charge in [0.2, 0.25) is 6.23 Å². The molecule has 0 radical (unpaired) electrons. The van der Waals surface area contributed by atoms with Crippen molar-refractivity contribution >= 4 is 15.8 Å². The van der Waals surface area contributed by atoms with Gasteiger partial charge in [-0.3, -0.25) is 0 Å². The molecule has 0 bridgehead atoms. The average molecular weight is 547 g/mol. The number of sulfone groups is 1. The van der Waals surface area contributed by atoms with Gasteiger partial charge < -0.3 is 10.5 Å². The fourth-order valence-electron chi connectivity index (χ4n) is 3.11. The lowest BCUT2D eigenvalue weighted by molar-refractivity contribution is -0.207. The standard InChI is InChI=1S/C21H18F5N5O5S/c1-37(34,35)16-7-5-12(6-8-16)13-3-2-4-14(9-13)18(36-19(32)21(24,25)26)31-20(33)30(28-29-31)11-15(10-27)17(22)23/h2-9,18H,10-11,27H2,1H3. The average Bonchev–Trinajstić information content (AvgIpc) is 3.19. The molecule has 0 saturated carbocycles. The lowest BCUT2D eigenvalue weighted by atomic mass is 10.0. The van der Waals surface area contributed by atoms with Gasteiger partial charge in [0.15, 0.2) is 9.84 Å². The summed E-state index contributed by atoms with van der Waals surface area (Å²) in [5.74, 6) is -2.64. The molecule has 0 aliphatic carbocycles. The minimum atomic E-state index is -5.43. The minimum Gasteiger partial charge on any atom is -0.428 e. The van der Waals surface area contributed by atoms with Crippen molar-refractivity contribution in [3.63, 3.8) is 0 Å². The first kappa shape index (κ1) is 27.7. The summed E-state index contributed by atoms with van der Waals surface area (Å²) in [6, 6.07) is 11.0. The Bertz CT molecular complexity index is 1490. The zero-order chi connectivity index (χ0) is 27.5. The number of nitrogens with two attached hydrogens (primary N) is 1. The molecular formula is C21H18F5N5O5S. The summed E-state index contributed by atoms with van der Waals surface area (Å²) >= 11 is 0. The molecule has 1 atom stereocenters. The highest BCUT2D eigenvalue weighted by molar-refractivity contribution is 7.90. The first-order chi connectivity index (χ1) is 17.2. The monoisotopic (exact) mass is 547 g/mol. The number of ether oxygens (including phenoxy) is 1. The number of halogens is 5. The van der Waals surface area contributed by atoms with E-state index in [9.17, 15) is 40.0 Å². The first-order valence-electron chi connectivity index (χ1n) is 10.2. The van der Waals surface area contributed by atoms with Gasteiger partial charge in [-0.1, -0.05) is 30.3 Å². The molecule has 1 aromatic heterocycles. The van der Waals surface area contributed by atoms with Crippen LogP contribution in [0.3, 0.4) is 0 Å². The van der Waals surface area contributed by atoms with Crippen LogP contribution in [0.5, 0.6) is 0 Å². The van der Waals surface area contributed by atoms with Gasteiger partial charge in [-0.2, -0.15) is 26.6 Å². The van der Waals surface area contributed by atoms with E-state index in [0.717, 1.165) is 6.26 Å². The van der Waals surface area contributed by atoms with Gasteiger partial charge in [0.25, 0.3) is 6.08 Å². The van der Waals surface area contributed by atoms with Crippen molar-refractivity contribution in [1.29, 1.82) is 0 Å². The predicted octanol–water partition coefficient (Wildman–Crippen LogP) is 2.27. The van der Waals surface area contributed by atoms with Gasteiger partial charge in [-0.15, -0.1) is 4.68 Å². The summed E-state index contributed by atoms with van der Waals surface area (Å²) in [7, 11) is -3.48. The number of carbonyl (C=O) groups excluding carboxylic acids is 1. The quantitative estimate of drug-likeness (QED) is 0.335. The molecule has 2 N–H and O–H groups in total. The maximum Gasteiger partial charge on any atom is 0.491 e. The Morgan fingerprint density at radius 1 is 1.08 bits per heavy atom. The Hall–Kier alpha value is -3.92. The molecule has 0 spiro atoms. The van der Waals surface area contributed by atoms with Crippen LogP contribution in [-0.2, 0) is 25.9 Å². The van der Waals surface area contributed by atoms with Crippen LogP contribution in [0, 0.1) is 0 Å². The van der Waals surface area contributed by atoms with E-state index in [1.165, 1.54) is 48.5 Å². The van der Waals surface area contributed by atoms with E-state index < -0.39 is 58.6 Å². The van der Waals surface area contributed by atoms with Crippen LogP contribution < -0.4 is 11.4 Å². The molecule has 16 heteroatoms. The van der Waals surface area contributed by atoms with Gasteiger partial charge in [-0.05, 0) is 39.8 Å². The fourth-order valence-corrected chi connectivity index (χ4v) is 3.74. The molecule has 10 nitrogen and oxygen atoms in total. The van der Waals surface area contributed by atoms with Crippen LogP contribution in [0.15, 0.2) is 69.9 Å². The van der Waals surface area contributed by atoms with Crippen molar-refractivity contribution < 1.29 is 39.9 Å². The Kier molecular flexibility index (Phi) is 7.92. The van der Waals surface area contributed by atoms with Crippen molar-refractivity contribution in [2.75, 3.05) is 12.8 Å². The summed E-state index contributed by atoms with van der Waals surface area (Å²) < 4.78 is 93.4. The van der Waals surface area contributed by atoms with Crippen molar-refractivity contribution in [2.24, 2.45) is 5.73 Å². The Morgan fingerprint density at radius 2 is 1.73 bits per heavy atom. The van der Waals surface area contributed by atoms with Crippen molar-refractivity contribution in [2.45, 2.75) is 23.8 Å². The highest BCUT2D eigenvalue weighted by Gasteiger charge is 2.43. The number of alkyl halides is 3. The summed E-state index contributed by atoms with van der Waals surface area (Å²) in [4.78, 5) is 24.4. The van der Waals surface area contributed by atoms with Crippen LogP contribution >= 0.6 is 0 Å². The number of carbonyl (C=O) groups is 1. The summed E-state index contributed by atoms with van der Waals surface area (Å²) in [5, 5.41) is 6.79. The van der Waals surface area contributed by atoms with E-state index in [-0.39, 0.29) is 10.5 Å². The SMILES string of the molecule is CS(=O)(=O)c1ccc(-c2cccc(C(OC(=O)C(F)(F)F)n3nnn(CC(CN)=C(F)F)c3=O)c2)cc1. The van der Waals surface area contributed by atoms with Crippen LogP contribution in [-0.4, -0.2) is 53.2 Å². The lowest BCUT2D eigenvalue weighted by Gasteiger charge is -2.18. The van der Waals surface area contributed by atoms with Gasteiger partial charge >= 0.3 is 17.8 Å². The molecule has 1 unspecified atom stereocenters. The second kappa shape index (κ2) is 10.6. The topological polar surface area (TPSA) is 139 Å². The molecular weight excluding hydrogens is 529 g/mol. The fraction of sp³-hybridized carbons (Fsp3) is 0.238. The molecule has 37 heavy (non-hydrogen) atoms. The van der Waals surface area contributed by atoms with Crippen LogP contribution in [0.1, 0.15) is 11.8 Å².